The molecule has 4 nitrogen and oxygen atoms in total. The number of aryl methyl sites for hydroxylation is 1. The minimum atomic E-state index is -0.901. The zero-order valence-electron chi connectivity index (χ0n) is 11.3. The number of hydrogen-bond donors (Lipinski definition) is 1. The number of aliphatic hydroxyl groups is 1. The number of rotatable bonds is 5. The van der Waals surface area contributed by atoms with Crippen LogP contribution in [0.25, 0.3) is 0 Å². The van der Waals surface area contributed by atoms with Crippen molar-refractivity contribution in [2.24, 2.45) is 0 Å². The SMILES string of the molecule is CCCn1ncc(Br)c1C(O)c1c(Cl)cccc1OC. The Morgan fingerprint density at radius 3 is 2.90 bits per heavy atom. The molecular weight excluding hydrogens is 344 g/mol. The van der Waals surface area contributed by atoms with Crippen molar-refractivity contribution in [1.29, 1.82) is 0 Å². The van der Waals surface area contributed by atoms with Gasteiger partial charge in [0.1, 0.15) is 11.9 Å². The maximum Gasteiger partial charge on any atom is 0.127 e. The molecule has 6 heteroatoms. The predicted molar refractivity (Wildman–Crippen MR) is 82.3 cm³/mol. The normalized spacial score (nSPS) is 12.4. The summed E-state index contributed by atoms with van der Waals surface area (Å²) in [6.07, 6.45) is 1.70. The molecule has 1 unspecified atom stereocenters. The second-order valence-corrected chi connectivity index (χ2v) is 5.62. The van der Waals surface area contributed by atoms with Gasteiger partial charge in [-0.15, -0.1) is 0 Å². The first kappa shape index (κ1) is 15.4. The molecule has 20 heavy (non-hydrogen) atoms. The van der Waals surface area contributed by atoms with E-state index in [9.17, 15) is 5.11 Å². The lowest BCUT2D eigenvalue weighted by Crippen LogP contribution is -2.12. The number of nitrogens with zero attached hydrogens (tertiary/aromatic N) is 2. The number of hydrogen-bond acceptors (Lipinski definition) is 3. The third kappa shape index (κ3) is 2.85. The highest BCUT2D eigenvalue weighted by Gasteiger charge is 2.24. The van der Waals surface area contributed by atoms with Gasteiger partial charge >= 0.3 is 0 Å². The summed E-state index contributed by atoms with van der Waals surface area (Å²) >= 11 is 9.65. The maximum atomic E-state index is 10.7. The Balaban J connectivity index is 2.51. The van der Waals surface area contributed by atoms with Crippen LogP contribution in [0.4, 0.5) is 0 Å². The van der Waals surface area contributed by atoms with Crippen molar-refractivity contribution in [3.63, 3.8) is 0 Å². The fraction of sp³-hybridized carbons (Fsp3) is 0.357. The summed E-state index contributed by atoms with van der Waals surface area (Å²) < 4.78 is 7.82. The first-order valence-corrected chi connectivity index (χ1v) is 7.48. The lowest BCUT2D eigenvalue weighted by Gasteiger charge is -2.18. The summed E-state index contributed by atoms with van der Waals surface area (Å²) in [5.41, 5.74) is 1.23. The van der Waals surface area contributed by atoms with Crippen molar-refractivity contribution >= 4 is 27.5 Å². The highest BCUT2D eigenvalue weighted by atomic mass is 79.9. The first-order valence-electron chi connectivity index (χ1n) is 6.31. The van der Waals surface area contributed by atoms with E-state index in [0.717, 1.165) is 17.4 Å². The van der Waals surface area contributed by atoms with Gasteiger partial charge in [0.2, 0.25) is 0 Å². The number of aromatic nitrogens is 2. The zero-order valence-corrected chi connectivity index (χ0v) is 13.6. The lowest BCUT2D eigenvalue weighted by atomic mass is 10.1. The first-order chi connectivity index (χ1) is 9.60. The standard InChI is InChI=1S/C14H16BrClN2O2/c1-3-7-18-13(9(15)8-17-18)14(19)12-10(16)5-4-6-11(12)20-2/h4-6,8,14,19H,3,7H2,1-2H3. The molecule has 0 aliphatic rings. The zero-order chi connectivity index (χ0) is 14.7. The van der Waals surface area contributed by atoms with Crippen LogP contribution < -0.4 is 4.74 Å². The molecule has 0 spiro atoms. The largest absolute Gasteiger partial charge is 0.496 e. The molecule has 0 amide bonds. The van der Waals surface area contributed by atoms with Gasteiger partial charge in [-0.2, -0.15) is 5.10 Å². The van der Waals surface area contributed by atoms with Gasteiger partial charge in [-0.05, 0) is 34.5 Å². The quantitative estimate of drug-likeness (QED) is 0.883. The molecule has 0 fully saturated rings. The van der Waals surface area contributed by atoms with E-state index in [1.54, 1.807) is 36.2 Å². The van der Waals surface area contributed by atoms with Gasteiger partial charge in [0.05, 0.1) is 28.5 Å². The van der Waals surface area contributed by atoms with E-state index in [-0.39, 0.29) is 0 Å². The van der Waals surface area contributed by atoms with Crippen LogP contribution in [0, 0.1) is 0 Å². The molecule has 1 atom stereocenters. The summed E-state index contributed by atoms with van der Waals surface area (Å²) in [5.74, 6) is 0.557. The Bertz CT molecular complexity index is 601. The molecule has 0 aliphatic carbocycles. The highest BCUT2D eigenvalue weighted by molar-refractivity contribution is 9.10. The molecule has 0 aliphatic heterocycles. The number of ether oxygens (including phenoxy) is 1. The fourth-order valence-corrected chi connectivity index (χ4v) is 2.91. The van der Waals surface area contributed by atoms with Crippen LogP contribution in [0.5, 0.6) is 5.75 Å². The average molecular weight is 360 g/mol. The Hall–Kier alpha value is -1.04. The monoisotopic (exact) mass is 358 g/mol. The van der Waals surface area contributed by atoms with Crippen LogP contribution in [-0.4, -0.2) is 22.0 Å². The van der Waals surface area contributed by atoms with Crippen LogP contribution in [0.2, 0.25) is 5.02 Å². The van der Waals surface area contributed by atoms with E-state index < -0.39 is 6.10 Å². The van der Waals surface area contributed by atoms with Gasteiger partial charge in [0.15, 0.2) is 0 Å². The fourth-order valence-electron chi connectivity index (χ4n) is 2.13. The molecular formula is C14H16BrClN2O2. The highest BCUT2D eigenvalue weighted by Crippen LogP contribution is 2.37. The van der Waals surface area contributed by atoms with Gasteiger partial charge in [0, 0.05) is 12.1 Å². The summed E-state index contributed by atoms with van der Waals surface area (Å²) in [6, 6.07) is 5.30. The molecule has 0 saturated carbocycles. The van der Waals surface area contributed by atoms with E-state index in [4.69, 9.17) is 16.3 Å². The smallest absolute Gasteiger partial charge is 0.127 e. The van der Waals surface area contributed by atoms with Gasteiger partial charge < -0.3 is 9.84 Å². The second-order valence-electron chi connectivity index (χ2n) is 4.36. The number of aliphatic hydroxyl groups excluding tert-OH is 1. The topological polar surface area (TPSA) is 47.3 Å². The molecule has 1 aromatic heterocycles. The Kier molecular flexibility index (Phi) is 5.07. The van der Waals surface area contributed by atoms with Gasteiger partial charge in [-0.25, -0.2) is 0 Å². The number of benzene rings is 1. The molecule has 1 aromatic carbocycles. The molecule has 2 aromatic rings. The van der Waals surface area contributed by atoms with Crippen molar-refractivity contribution in [3.05, 3.63) is 45.1 Å². The Morgan fingerprint density at radius 2 is 2.25 bits per heavy atom. The number of halogens is 2. The molecule has 0 radical (unpaired) electrons. The molecule has 0 saturated heterocycles. The van der Waals surface area contributed by atoms with E-state index in [0.29, 0.717) is 22.0 Å². The molecule has 108 valence electrons. The summed E-state index contributed by atoms with van der Waals surface area (Å²) in [7, 11) is 1.56. The maximum absolute atomic E-state index is 10.7. The van der Waals surface area contributed by atoms with Crippen LogP contribution in [0.15, 0.2) is 28.9 Å². The van der Waals surface area contributed by atoms with E-state index in [2.05, 4.69) is 28.0 Å². The summed E-state index contributed by atoms with van der Waals surface area (Å²) in [5, 5.41) is 15.4. The lowest BCUT2D eigenvalue weighted by molar-refractivity contribution is 0.201. The average Bonchev–Trinajstić information content (AvgIpc) is 2.79. The van der Waals surface area contributed by atoms with Crippen LogP contribution in [0.3, 0.4) is 0 Å². The van der Waals surface area contributed by atoms with Crippen molar-refractivity contribution in [2.45, 2.75) is 26.0 Å². The summed E-state index contributed by atoms with van der Waals surface area (Å²) in [4.78, 5) is 0. The van der Waals surface area contributed by atoms with Crippen LogP contribution in [0.1, 0.15) is 30.7 Å². The second kappa shape index (κ2) is 6.61. The molecule has 0 bridgehead atoms. The van der Waals surface area contributed by atoms with Gasteiger partial charge in [-0.3, -0.25) is 4.68 Å². The van der Waals surface area contributed by atoms with Crippen LogP contribution in [-0.2, 0) is 6.54 Å². The predicted octanol–water partition coefficient (Wildman–Crippen LogP) is 3.80. The molecule has 1 heterocycles. The van der Waals surface area contributed by atoms with Crippen LogP contribution >= 0.6 is 27.5 Å². The Morgan fingerprint density at radius 1 is 1.50 bits per heavy atom. The molecule has 1 N–H and O–H groups in total. The number of methoxy groups -OCH3 is 1. The van der Waals surface area contributed by atoms with E-state index in [1.165, 1.54) is 0 Å². The minimum absolute atomic E-state index is 0.466. The van der Waals surface area contributed by atoms with Crippen molar-refractivity contribution in [2.75, 3.05) is 7.11 Å². The third-order valence-electron chi connectivity index (χ3n) is 3.03. The van der Waals surface area contributed by atoms with E-state index >= 15 is 0 Å². The minimum Gasteiger partial charge on any atom is -0.496 e. The third-order valence-corrected chi connectivity index (χ3v) is 3.97. The van der Waals surface area contributed by atoms with Gasteiger partial charge in [0.25, 0.3) is 0 Å². The summed E-state index contributed by atoms with van der Waals surface area (Å²) in [6.45, 7) is 2.78. The van der Waals surface area contributed by atoms with Crippen molar-refractivity contribution in [1.82, 2.24) is 9.78 Å². The van der Waals surface area contributed by atoms with Gasteiger partial charge in [-0.1, -0.05) is 24.6 Å². The van der Waals surface area contributed by atoms with E-state index in [1.807, 2.05) is 0 Å². The van der Waals surface area contributed by atoms with Crippen molar-refractivity contribution < 1.29 is 9.84 Å². The Labute approximate surface area is 131 Å². The van der Waals surface area contributed by atoms with Crippen molar-refractivity contribution in [3.8, 4) is 5.75 Å². The molecule has 2 rings (SSSR count).